The van der Waals surface area contributed by atoms with E-state index in [4.69, 9.17) is 4.42 Å². The number of rotatable bonds is 2. The minimum atomic E-state index is 0.330. The molecule has 2 heterocycles. The van der Waals surface area contributed by atoms with Crippen molar-refractivity contribution in [1.82, 2.24) is 4.98 Å². The lowest BCUT2D eigenvalue weighted by Gasteiger charge is -2.10. The Morgan fingerprint density at radius 2 is 2.29 bits per heavy atom. The third-order valence-corrected chi connectivity index (χ3v) is 1.98. The number of anilines is 1. The molecule has 4 heteroatoms. The summed E-state index contributed by atoms with van der Waals surface area (Å²) in [6.07, 6.45) is 2.36. The van der Waals surface area contributed by atoms with Crippen LogP contribution in [0.2, 0.25) is 0 Å². The third kappa shape index (κ3) is 1.25. The fourth-order valence-corrected chi connectivity index (χ4v) is 1.38. The molecule has 0 bridgehead atoms. The SMILES string of the molecule is CN(C)c1nccc2oc(C=O)cc12. The fraction of sp³-hybridized carbons (Fsp3) is 0.200. The van der Waals surface area contributed by atoms with Gasteiger partial charge < -0.3 is 9.32 Å². The first-order chi connectivity index (χ1) is 6.72. The van der Waals surface area contributed by atoms with E-state index in [-0.39, 0.29) is 0 Å². The Balaban J connectivity index is 2.72. The zero-order chi connectivity index (χ0) is 10.1. The molecule has 14 heavy (non-hydrogen) atoms. The Labute approximate surface area is 81.1 Å². The largest absolute Gasteiger partial charge is 0.453 e. The van der Waals surface area contributed by atoms with E-state index in [0.717, 1.165) is 11.2 Å². The summed E-state index contributed by atoms with van der Waals surface area (Å²) in [4.78, 5) is 16.6. The molecule has 0 N–H and O–H groups in total. The predicted molar refractivity (Wildman–Crippen MR) is 53.7 cm³/mol. The lowest BCUT2D eigenvalue weighted by Crippen LogP contribution is -2.10. The van der Waals surface area contributed by atoms with E-state index in [1.165, 1.54) is 0 Å². The maximum Gasteiger partial charge on any atom is 0.185 e. The van der Waals surface area contributed by atoms with E-state index >= 15 is 0 Å². The summed E-state index contributed by atoms with van der Waals surface area (Å²) < 4.78 is 5.27. The van der Waals surface area contributed by atoms with Crippen LogP contribution in [-0.2, 0) is 0 Å². The average Bonchev–Trinajstić information content (AvgIpc) is 2.59. The molecule has 0 saturated heterocycles. The van der Waals surface area contributed by atoms with Crippen LogP contribution in [0.5, 0.6) is 0 Å². The van der Waals surface area contributed by atoms with E-state index in [0.29, 0.717) is 17.6 Å². The number of nitrogens with zero attached hydrogens (tertiary/aromatic N) is 2. The van der Waals surface area contributed by atoms with Crippen LogP contribution < -0.4 is 4.90 Å². The van der Waals surface area contributed by atoms with Gasteiger partial charge in [-0.3, -0.25) is 4.79 Å². The van der Waals surface area contributed by atoms with E-state index in [1.807, 2.05) is 19.0 Å². The second kappa shape index (κ2) is 3.14. The summed E-state index contributed by atoms with van der Waals surface area (Å²) in [5.74, 6) is 1.13. The lowest BCUT2D eigenvalue weighted by molar-refractivity contribution is 0.110. The van der Waals surface area contributed by atoms with Gasteiger partial charge >= 0.3 is 0 Å². The van der Waals surface area contributed by atoms with Gasteiger partial charge in [0, 0.05) is 20.3 Å². The van der Waals surface area contributed by atoms with Crippen LogP contribution in [0.3, 0.4) is 0 Å². The smallest absolute Gasteiger partial charge is 0.185 e. The first-order valence-electron chi connectivity index (χ1n) is 4.23. The first-order valence-corrected chi connectivity index (χ1v) is 4.23. The monoisotopic (exact) mass is 190 g/mol. The molecule has 0 amide bonds. The molecule has 0 radical (unpaired) electrons. The van der Waals surface area contributed by atoms with Crippen LogP contribution in [-0.4, -0.2) is 25.4 Å². The van der Waals surface area contributed by atoms with Gasteiger partial charge in [0.05, 0.1) is 5.39 Å². The molecule has 0 saturated carbocycles. The maximum absolute atomic E-state index is 10.5. The Kier molecular flexibility index (Phi) is 1.96. The van der Waals surface area contributed by atoms with Gasteiger partial charge in [-0.1, -0.05) is 0 Å². The molecule has 72 valence electrons. The minimum Gasteiger partial charge on any atom is -0.453 e. The van der Waals surface area contributed by atoms with Crippen LogP contribution in [0.25, 0.3) is 11.0 Å². The molecule has 2 aromatic heterocycles. The van der Waals surface area contributed by atoms with Gasteiger partial charge in [-0.15, -0.1) is 0 Å². The van der Waals surface area contributed by atoms with Crippen molar-refractivity contribution < 1.29 is 9.21 Å². The number of furan rings is 1. The summed E-state index contributed by atoms with van der Waals surface area (Å²) in [6.45, 7) is 0. The Bertz CT molecular complexity index is 474. The topological polar surface area (TPSA) is 46.3 Å². The van der Waals surface area contributed by atoms with Crippen LogP contribution in [0.4, 0.5) is 5.82 Å². The number of aromatic nitrogens is 1. The fourth-order valence-electron chi connectivity index (χ4n) is 1.38. The zero-order valence-electron chi connectivity index (χ0n) is 8.02. The molecule has 0 aromatic carbocycles. The van der Waals surface area contributed by atoms with E-state index in [2.05, 4.69) is 4.98 Å². The molecular formula is C10H10N2O2. The Hall–Kier alpha value is -1.84. The van der Waals surface area contributed by atoms with Crippen molar-refractivity contribution in [1.29, 1.82) is 0 Å². The van der Waals surface area contributed by atoms with Crippen molar-refractivity contribution in [3.8, 4) is 0 Å². The van der Waals surface area contributed by atoms with Crippen molar-refractivity contribution in [2.24, 2.45) is 0 Å². The second-order valence-corrected chi connectivity index (χ2v) is 3.21. The van der Waals surface area contributed by atoms with Crippen LogP contribution >= 0.6 is 0 Å². The molecule has 0 aliphatic carbocycles. The zero-order valence-corrected chi connectivity index (χ0v) is 8.02. The third-order valence-electron chi connectivity index (χ3n) is 1.98. The maximum atomic E-state index is 10.5. The number of pyridine rings is 1. The molecule has 0 spiro atoms. The van der Waals surface area contributed by atoms with E-state index < -0.39 is 0 Å². The molecule has 0 aliphatic rings. The summed E-state index contributed by atoms with van der Waals surface area (Å²) in [5.41, 5.74) is 0.686. The van der Waals surface area contributed by atoms with Crippen LogP contribution in [0.1, 0.15) is 10.6 Å². The number of hydrogen-bond donors (Lipinski definition) is 0. The second-order valence-electron chi connectivity index (χ2n) is 3.21. The average molecular weight is 190 g/mol. The van der Waals surface area contributed by atoms with Crippen molar-refractivity contribution in [3.05, 3.63) is 24.1 Å². The molecule has 2 aromatic rings. The summed E-state index contributed by atoms with van der Waals surface area (Å²) in [6, 6.07) is 3.44. The molecular weight excluding hydrogens is 180 g/mol. The van der Waals surface area contributed by atoms with Crippen molar-refractivity contribution in [2.75, 3.05) is 19.0 Å². The van der Waals surface area contributed by atoms with Crippen LogP contribution in [0, 0.1) is 0 Å². The number of carbonyl (C=O) groups excluding carboxylic acids is 1. The molecule has 0 aliphatic heterocycles. The normalized spacial score (nSPS) is 10.4. The van der Waals surface area contributed by atoms with Gasteiger partial charge in [-0.25, -0.2) is 4.98 Å². The van der Waals surface area contributed by atoms with Gasteiger partial charge in [-0.2, -0.15) is 0 Å². The summed E-state index contributed by atoms with van der Waals surface area (Å²) >= 11 is 0. The van der Waals surface area contributed by atoms with Crippen molar-refractivity contribution in [3.63, 3.8) is 0 Å². The highest BCUT2D eigenvalue weighted by Gasteiger charge is 2.09. The van der Waals surface area contributed by atoms with Gasteiger partial charge in [0.15, 0.2) is 12.0 Å². The van der Waals surface area contributed by atoms with Gasteiger partial charge in [0.1, 0.15) is 11.4 Å². The highest BCUT2D eigenvalue weighted by Crippen LogP contribution is 2.25. The molecule has 4 nitrogen and oxygen atoms in total. The number of aldehydes is 1. The van der Waals surface area contributed by atoms with Crippen molar-refractivity contribution in [2.45, 2.75) is 0 Å². The van der Waals surface area contributed by atoms with Crippen molar-refractivity contribution >= 4 is 23.1 Å². The lowest BCUT2D eigenvalue weighted by atomic mass is 10.3. The minimum absolute atomic E-state index is 0.330. The number of hydrogen-bond acceptors (Lipinski definition) is 4. The Morgan fingerprint density at radius 3 is 2.93 bits per heavy atom. The van der Waals surface area contributed by atoms with Gasteiger partial charge in [0.2, 0.25) is 0 Å². The molecule has 0 atom stereocenters. The molecule has 0 fully saturated rings. The Morgan fingerprint density at radius 1 is 1.50 bits per heavy atom. The van der Waals surface area contributed by atoms with Gasteiger partial charge in [0.25, 0.3) is 0 Å². The van der Waals surface area contributed by atoms with Crippen LogP contribution in [0.15, 0.2) is 22.7 Å². The highest BCUT2D eigenvalue weighted by atomic mass is 16.3. The summed E-state index contributed by atoms with van der Waals surface area (Å²) in [7, 11) is 3.80. The molecule has 2 rings (SSSR count). The summed E-state index contributed by atoms with van der Waals surface area (Å²) in [5, 5.41) is 0.861. The highest BCUT2D eigenvalue weighted by molar-refractivity contribution is 5.92. The van der Waals surface area contributed by atoms with E-state index in [9.17, 15) is 4.79 Å². The van der Waals surface area contributed by atoms with Gasteiger partial charge in [-0.05, 0) is 12.1 Å². The molecule has 0 unspecified atom stereocenters. The predicted octanol–water partition coefficient (Wildman–Crippen LogP) is 1.71. The number of fused-ring (bicyclic) bond motifs is 1. The quantitative estimate of drug-likeness (QED) is 0.676. The number of carbonyl (C=O) groups is 1. The van der Waals surface area contributed by atoms with E-state index in [1.54, 1.807) is 18.3 Å². The first kappa shape index (κ1) is 8.74. The standard InChI is InChI=1S/C10H10N2O2/c1-12(2)10-8-5-7(6-13)14-9(8)3-4-11-10/h3-6H,1-2H3.